The summed E-state index contributed by atoms with van der Waals surface area (Å²) in [4.78, 5) is 9.68. The second-order valence-corrected chi connectivity index (χ2v) is 14.8. The maximum atomic E-state index is 6.66. The van der Waals surface area contributed by atoms with Crippen molar-refractivity contribution in [3.05, 3.63) is 132 Å². The van der Waals surface area contributed by atoms with Crippen LogP contribution in [0.2, 0.25) is 10.0 Å². The summed E-state index contributed by atoms with van der Waals surface area (Å²) >= 11 is 13.3. The van der Waals surface area contributed by atoms with Gasteiger partial charge in [-0.3, -0.25) is 9.97 Å². The van der Waals surface area contributed by atoms with Crippen LogP contribution in [-0.2, 0) is 13.1 Å². The van der Waals surface area contributed by atoms with Gasteiger partial charge in [-0.15, -0.1) is 0 Å². The fraction of sp³-hybridized carbons (Fsp3) is 0.261. The number of aryl methyl sites for hydroxylation is 2. The molecule has 262 valence electrons. The first-order valence-corrected chi connectivity index (χ1v) is 19.7. The van der Waals surface area contributed by atoms with Gasteiger partial charge in [0.05, 0.1) is 32.5 Å². The van der Waals surface area contributed by atoms with Gasteiger partial charge in [0.1, 0.15) is 0 Å². The lowest BCUT2D eigenvalue weighted by molar-refractivity contribution is 0.529. The monoisotopic (exact) mass is 722 g/mol. The molecule has 4 aromatic carbocycles. The van der Waals surface area contributed by atoms with E-state index >= 15 is 0 Å². The van der Waals surface area contributed by atoms with Gasteiger partial charge in [-0.05, 0) is 49.2 Å². The first-order valence-electron chi connectivity index (χ1n) is 18.9. The minimum Gasteiger partial charge on any atom is -0.339 e. The van der Waals surface area contributed by atoms with E-state index in [1.807, 2.05) is 48.8 Å². The first-order chi connectivity index (χ1) is 25.7. The highest BCUT2D eigenvalue weighted by Crippen LogP contribution is 2.39. The van der Waals surface area contributed by atoms with Gasteiger partial charge in [-0.25, -0.2) is 0 Å². The van der Waals surface area contributed by atoms with Crippen LogP contribution in [0, 0.1) is 0 Å². The van der Waals surface area contributed by atoms with Crippen LogP contribution in [0.15, 0.2) is 122 Å². The molecule has 0 radical (unpaired) electrons. The normalized spacial score (nSPS) is 11.8. The Kier molecular flexibility index (Phi) is 10.6. The van der Waals surface area contributed by atoms with Gasteiger partial charge in [-0.1, -0.05) is 147 Å². The van der Waals surface area contributed by atoms with Crippen LogP contribution >= 0.6 is 23.2 Å². The lowest BCUT2D eigenvalue weighted by Crippen LogP contribution is -2.00. The molecular weight excluding hydrogens is 679 g/mol. The minimum absolute atomic E-state index is 0.739. The molecule has 0 aliphatic heterocycles. The Morgan fingerprint density at radius 1 is 0.385 bits per heavy atom. The molecule has 4 heterocycles. The Morgan fingerprint density at radius 2 is 0.750 bits per heavy atom. The minimum atomic E-state index is 0.739. The van der Waals surface area contributed by atoms with Gasteiger partial charge in [-0.2, -0.15) is 0 Å². The zero-order valence-electron chi connectivity index (χ0n) is 29.6. The largest absolute Gasteiger partial charge is 0.339 e. The van der Waals surface area contributed by atoms with E-state index in [2.05, 4.69) is 81.9 Å². The van der Waals surface area contributed by atoms with Crippen molar-refractivity contribution in [2.45, 2.75) is 77.3 Å². The van der Waals surface area contributed by atoms with E-state index in [1.165, 1.54) is 95.0 Å². The molecule has 0 saturated heterocycles. The van der Waals surface area contributed by atoms with E-state index in [4.69, 9.17) is 33.2 Å². The molecule has 8 aromatic rings. The first kappa shape index (κ1) is 34.4. The van der Waals surface area contributed by atoms with Crippen LogP contribution in [0.1, 0.15) is 64.2 Å². The number of aromatic nitrogens is 4. The molecule has 6 heteroatoms. The Balaban J connectivity index is 0.823. The second kappa shape index (κ2) is 15.9. The van der Waals surface area contributed by atoms with E-state index in [0.29, 0.717) is 0 Å². The maximum Gasteiger partial charge on any atom is 0.0960 e. The van der Waals surface area contributed by atoms with Crippen molar-refractivity contribution in [1.29, 1.82) is 0 Å². The summed E-state index contributed by atoms with van der Waals surface area (Å²) in [6, 6.07) is 37.9. The molecule has 0 unspecified atom stereocenters. The number of unbranched alkanes of at least 4 members (excludes halogenated alkanes) is 9. The lowest BCUT2D eigenvalue weighted by Gasteiger charge is -2.12. The molecule has 0 saturated carbocycles. The van der Waals surface area contributed by atoms with E-state index in [-0.39, 0.29) is 0 Å². The zero-order valence-corrected chi connectivity index (χ0v) is 31.1. The predicted octanol–water partition coefficient (Wildman–Crippen LogP) is 13.9. The summed E-state index contributed by atoms with van der Waals surface area (Å²) in [5.41, 5.74) is 8.84. The number of benzene rings is 4. The van der Waals surface area contributed by atoms with Crippen molar-refractivity contribution in [2.75, 3.05) is 0 Å². The van der Waals surface area contributed by atoms with Crippen molar-refractivity contribution in [2.24, 2.45) is 0 Å². The van der Waals surface area contributed by atoms with Crippen LogP contribution in [0.5, 0.6) is 0 Å². The molecule has 0 N–H and O–H groups in total. The Morgan fingerprint density at radius 3 is 1.17 bits per heavy atom. The van der Waals surface area contributed by atoms with E-state index in [1.54, 1.807) is 0 Å². The number of hydrogen-bond acceptors (Lipinski definition) is 2. The molecule has 0 aliphatic rings. The van der Waals surface area contributed by atoms with E-state index in [9.17, 15) is 0 Å². The van der Waals surface area contributed by atoms with Crippen molar-refractivity contribution in [1.82, 2.24) is 19.1 Å². The third-order valence-corrected chi connectivity index (χ3v) is 11.3. The molecular formula is C46H44Cl2N4. The second-order valence-electron chi connectivity index (χ2n) is 13.9. The van der Waals surface area contributed by atoms with Gasteiger partial charge in [0.25, 0.3) is 0 Å². The summed E-state index contributed by atoms with van der Waals surface area (Å²) in [6.07, 6.45) is 16.4. The number of rotatable bonds is 15. The Bertz CT molecular complexity index is 2300. The van der Waals surface area contributed by atoms with Crippen molar-refractivity contribution < 1.29 is 0 Å². The van der Waals surface area contributed by atoms with E-state index in [0.717, 1.165) is 58.5 Å². The number of pyridine rings is 2. The maximum absolute atomic E-state index is 6.66. The molecule has 0 aliphatic carbocycles. The summed E-state index contributed by atoms with van der Waals surface area (Å²) in [5.74, 6) is 0. The molecule has 4 aromatic heterocycles. The average molecular weight is 724 g/mol. The van der Waals surface area contributed by atoms with Gasteiger partial charge in [0.15, 0.2) is 0 Å². The van der Waals surface area contributed by atoms with Crippen LogP contribution in [0.25, 0.3) is 66.1 Å². The molecule has 0 amide bonds. The van der Waals surface area contributed by atoms with Gasteiger partial charge in [0, 0.05) is 69.2 Å². The van der Waals surface area contributed by atoms with Gasteiger partial charge >= 0.3 is 0 Å². The van der Waals surface area contributed by atoms with Crippen molar-refractivity contribution in [3.8, 4) is 22.5 Å². The topological polar surface area (TPSA) is 35.6 Å². The zero-order chi connectivity index (χ0) is 35.3. The fourth-order valence-corrected chi connectivity index (χ4v) is 8.57. The number of para-hydroxylation sites is 2. The summed E-state index contributed by atoms with van der Waals surface area (Å²) in [6.45, 7) is 1.96. The van der Waals surface area contributed by atoms with Gasteiger partial charge < -0.3 is 9.13 Å². The van der Waals surface area contributed by atoms with Crippen LogP contribution in [0.4, 0.5) is 0 Å². The molecule has 8 rings (SSSR count). The number of fused-ring (bicyclic) bond motifs is 6. The van der Waals surface area contributed by atoms with Crippen LogP contribution < -0.4 is 0 Å². The Labute approximate surface area is 316 Å². The highest BCUT2D eigenvalue weighted by molar-refractivity contribution is 6.34. The summed E-state index contributed by atoms with van der Waals surface area (Å²) in [7, 11) is 0. The lowest BCUT2D eigenvalue weighted by atomic mass is 10.1. The van der Waals surface area contributed by atoms with E-state index < -0.39 is 0 Å². The fourth-order valence-electron chi connectivity index (χ4n) is 8.12. The Hall–Kier alpha value is -4.64. The molecule has 0 bridgehead atoms. The number of halogens is 2. The molecule has 4 nitrogen and oxygen atoms in total. The summed E-state index contributed by atoms with van der Waals surface area (Å²) < 4.78 is 4.95. The van der Waals surface area contributed by atoms with Crippen molar-refractivity contribution in [3.63, 3.8) is 0 Å². The standard InChI is InChI=1S/C46H44Cl2N4/c47-39-23-13-9-21-37(39)43-45-35(27-29-49-43)33-19-11-15-25-41(33)51(45)31-17-7-5-3-1-2-4-6-8-18-32-52-42-26-16-12-20-34(42)36-28-30-50-44(46(36)52)38-22-10-14-24-40(38)48/h9-16,19-30H,1-8,17-18,31-32H2. The highest BCUT2D eigenvalue weighted by atomic mass is 35.5. The van der Waals surface area contributed by atoms with Crippen LogP contribution in [0.3, 0.4) is 0 Å². The SMILES string of the molecule is Clc1ccccc1-c1nccc2c3ccccc3n(CCCCCCCCCCCCn3c4ccccc4c4ccnc(-c5ccccc5Cl)c43)c12. The molecule has 0 spiro atoms. The molecule has 52 heavy (non-hydrogen) atoms. The summed E-state index contributed by atoms with van der Waals surface area (Å²) in [5, 5.41) is 6.53. The van der Waals surface area contributed by atoms with Crippen LogP contribution in [-0.4, -0.2) is 19.1 Å². The molecule has 0 fully saturated rings. The molecule has 0 atom stereocenters. The third kappa shape index (κ3) is 6.83. The number of hydrogen-bond donors (Lipinski definition) is 0. The van der Waals surface area contributed by atoms with Crippen molar-refractivity contribution >= 4 is 66.8 Å². The van der Waals surface area contributed by atoms with Gasteiger partial charge in [0.2, 0.25) is 0 Å². The quantitative estimate of drug-likeness (QED) is 0.0987. The smallest absolute Gasteiger partial charge is 0.0960 e. The average Bonchev–Trinajstić information content (AvgIpc) is 3.68. The highest BCUT2D eigenvalue weighted by Gasteiger charge is 2.18. The predicted molar refractivity (Wildman–Crippen MR) is 222 cm³/mol. The number of nitrogens with zero attached hydrogens (tertiary/aromatic N) is 4. The third-order valence-electron chi connectivity index (χ3n) is 10.6.